The second-order valence-corrected chi connectivity index (χ2v) is 13.7. The molecule has 11 atom stereocenters. The highest BCUT2D eigenvalue weighted by Crippen LogP contribution is 2.68. The van der Waals surface area contributed by atoms with Gasteiger partial charge >= 0.3 is 12.1 Å². The van der Waals surface area contributed by atoms with Gasteiger partial charge in [0.25, 0.3) is 0 Å². The molecular weight excluding hydrogens is 506 g/mol. The van der Waals surface area contributed by atoms with Gasteiger partial charge in [-0.2, -0.15) is 0 Å². The number of carbonyl (C=O) groups excluding carboxylic acids is 1. The lowest BCUT2D eigenvalue weighted by atomic mass is 9.43. The van der Waals surface area contributed by atoms with Crippen LogP contribution >= 0.6 is 0 Å². The van der Waals surface area contributed by atoms with Crippen molar-refractivity contribution in [2.24, 2.45) is 46.3 Å². The average Bonchev–Trinajstić information content (AvgIpc) is 3.26. The lowest BCUT2D eigenvalue weighted by Crippen LogP contribution is -2.62. The number of aliphatic carboxylic acids is 1. The van der Waals surface area contributed by atoms with Crippen molar-refractivity contribution in [3.8, 4) is 0 Å². The predicted molar refractivity (Wildman–Crippen MR) is 141 cm³/mol. The summed E-state index contributed by atoms with van der Waals surface area (Å²) in [6.45, 7) is 4.66. The number of carboxylic acid groups (broad SMARTS) is 1. The van der Waals surface area contributed by atoms with Gasteiger partial charge < -0.3 is 40.7 Å². The van der Waals surface area contributed by atoms with Crippen LogP contribution in [0.4, 0.5) is 4.79 Å². The Labute approximate surface area is 231 Å². The Bertz CT molecular complexity index is 888. The van der Waals surface area contributed by atoms with Gasteiger partial charge in [-0.25, -0.2) is 4.79 Å². The van der Waals surface area contributed by atoms with Gasteiger partial charge in [-0.1, -0.05) is 20.8 Å². The van der Waals surface area contributed by atoms with Crippen LogP contribution < -0.4 is 5.32 Å². The molecule has 8 unspecified atom stereocenters. The van der Waals surface area contributed by atoms with Crippen LogP contribution in [0.2, 0.25) is 0 Å². The molecule has 4 saturated carbocycles. The summed E-state index contributed by atoms with van der Waals surface area (Å²) >= 11 is 0. The van der Waals surface area contributed by atoms with Crippen molar-refractivity contribution in [3.63, 3.8) is 0 Å². The molecule has 4 fully saturated rings. The van der Waals surface area contributed by atoms with E-state index < -0.39 is 49.6 Å². The molecule has 0 aromatic carbocycles. The molecule has 4 rings (SSSR count). The van der Waals surface area contributed by atoms with Crippen molar-refractivity contribution < 1.29 is 45.0 Å². The molecular formula is C29H49NO9. The highest BCUT2D eigenvalue weighted by molar-refractivity contribution is 5.68. The molecule has 4 aliphatic rings. The smallest absolute Gasteiger partial charge is 0.408 e. The summed E-state index contributed by atoms with van der Waals surface area (Å²) in [4.78, 5) is 23.7. The van der Waals surface area contributed by atoms with Crippen molar-refractivity contribution in [2.45, 2.75) is 102 Å². The topological polar surface area (TPSA) is 177 Å². The van der Waals surface area contributed by atoms with Gasteiger partial charge in [0, 0.05) is 6.42 Å². The van der Waals surface area contributed by atoms with E-state index in [9.17, 15) is 40.2 Å². The number of hydrogen-bond acceptors (Lipinski definition) is 8. The molecule has 0 aromatic rings. The monoisotopic (exact) mass is 555 g/mol. The van der Waals surface area contributed by atoms with Crippen LogP contribution in [0.1, 0.15) is 78.6 Å². The standard InChI is InChI=1S/C29H49NO9/c1-16(4-7-24(36)37)19-5-6-20-25-21(12-23(35)28(19,20)3)27(2)9-8-18(10-17(27)11-22(25)34)39-26(38)30-29(13-31,14-32)15-33/h16-23,25,31-35H,4-15H2,1-3H3,(H,30,38)(H,36,37)/t16?,17-,18+,19?,20+,21?,22?,23?,25?,27?,28?/m1/s1. The Balaban J connectivity index is 1.46. The first kappa shape index (κ1) is 30.5. The molecule has 1 amide bonds. The summed E-state index contributed by atoms with van der Waals surface area (Å²) in [7, 11) is 0. The van der Waals surface area contributed by atoms with Gasteiger partial charge in [-0.15, -0.1) is 0 Å². The summed E-state index contributed by atoms with van der Waals surface area (Å²) in [5, 5.41) is 63.3. The zero-order valence-corrected chi connectivity index (χ0v) is 23.6. The first-order valence-corrected chi connectivity index (χ1v) is 14.7. The molecule has 0 radical (unpaired) electrons. The molecule has 10 nitrogen and oxygen atoms in total. The highest BCUT2D eigenvalue weighted by Gasteiger charge is 2.65. The maximum atomic E-state index is 12.5. The molecule has 39 heavy (non-hydrogen) atoms. The lowest BCUT2D eigenvalue weighted by molar-refractivity contribution is -0.207. The molecule has 0 heterocycles. The van der Waals surface area contributed by atoms with E-state index in [2.05, 4.69) is 26.1 Å². The van der Waals surface area contributed by atoms with E-state index in [0.29, 0.717) is 32.1 Å². The third-order valence-corrected chi connectivity index (χ3v) is 11.9. The van der Waals surface area contributed by atoms with E-state index in [1.165, 1.54) is 0 Å². The molecule has 7 N–H and O–H groups in total. The zero-order valence-electron chi connectivity index (χ0n) is 23.6. The fourth-order valence-electron chi connectivity index (χ4n) is 9.44. The van der Waals surface area contributed by atoms with E-state index in [1.807, 2.05) is 0 Å². The molecule has 0 aromatic heterocycles. The number of aliphatic hydroxyl groups is 5. The number of aliphatic hydroxyl groups excluding tert-OH is 5. The van der Waals surface area contributed by atoms with E-state index in [4.69, 9.17) is 4.74 Å². The largest absolute Gasteiger partial charge is 0.481 e. The van der Waals surface area contributed by atoms with Crippen molar-refractivity contribution in [3.05, 3.63) is 0 Å². The number of hydrogen-bond donors (Lipinski definition) is 7. The van der Waals surface area contributed by atoms with E-state index in [0.717, 1.165) is 19.3 Å². The third-order valence-electron chi connectivity index (χ3n) is 11.9. The van der Waals surface area contributed by atoms with Crippen LogP contribution in [-0.2, 0) is 9.53 Å². The molecule has 224 valence electrons. The molecule has 0 bridgehead atoms. The second-order valence-electron chi connectivity index (χ2n) is 13.7. The predicted octanol–water partition coefficient (Wildman–Crippen LogP) is 1.90. The van der Waals surface area contributed by atoms with E-state index in [1.54, 1.807) is 0 Å². The summed E-state index contributed by atoms with van der Waals surface area (Å²) < 4.78 is 5.65. The Morgan fingerprint density at radius 1 is 1.00 bits per heavy atom. The van der Waals surface area contributed by atoms with Gasteiger partial charge in [0.1, 0.15) is 11.6 Å². The number of amides is 1. The number of carboxylic acids is 1. The van der Waals surface area contributed by atoms with Crippen molar-refractivity contribution >= 4 is 12.1 Å². The quantitative estimate of drug-likeness (QED) is 0.224. The zero-order chi connectivity index (χ0) is 28.8. The summed E-state index contributed by atoms with van der Waals surface area (Å²) in [6.07, 6.45) is 3.62. The van der Waals surface area contributed by atoms with Crippen molar-refractivity contribution in [2.75, 3.05) is 19.8 Å². The lowest BCUT2D eigenvalue weighted by Gasteiger charge is -2.63. The number of alkyl carbamates (subject to hydrolysis) is 1. The minimum absolute atomic E-state index is 0.0800. The average molecular weight is 556 g/mol. The molecule has 0 saturated heterocycles. The van der Waals surface area contributed by atoms with Gasteiger partial charge in [0.15, 0.2) is 0 Å². The number of fused-ring (bicyclic) bond motifs is 5. The molecule has 0 aliphatic heterocycles. The van der Waals surface area contributed by atoms with Crippen LogP contribution in [0.5, 0.6) is 0 Å². The van der Waals surface area contributed by atoms with Crippen LogP contribution in [0.3, 0.4) is 0 Å². The molecule has 4 aliphatic carbocycles. The number of nitrogens with one attached hydrogen (secondary N) is 1. The number of ether oxygens (including phenoxy) is 1. The van der Waals surface area contributed by atoms with Crippen molar-refractivity contribution in [1.29, 1.82) is 0 Å². The fourth-order valence-corrected chi connectivity index (χ4v) is 9.44. The fraction of sp³-hybridized carbons (Fsp3) is 0.931. The van der Waals surface area contributed by atoms with Gasteiger partial charge in [-0.3, -0.25) is 4.79 Å². The number of rotatable bonds is 9. The minimum atomic E-state index is -1.55. The molecule has 0 spiro atoms. The Hall–Kier alpha value is -1.46. The Kier molecular flexibility index (Phi) is 8.94. The van der Waals surface area contributed by atoms with Crippen LogP contribution in [0.15, 0.2) is 0 Å². The van der Waals surface area contributed by atoms with E-state index >= 15 is 0 Å². The summed E-state index contributed by atoms with van der Waals surface area (Å²) in [6, 6.07) is 0. The van der Waals surface area contributed by atoms with Gasteiger partial charge in [0.05, 0.1) is 32.0 Å². The summed E-state index contributed by atoms with van der Waals surface area (Å²) in [5.41, 5.74) is -2.01. The van der Waals surface area contributed by atoms with Crippen LogP contribution in [0.25, 0.3) is 0 Å². The molecule has 10 heteroatoms. The van der Waals surface area contributed by atoms with Crippen LogP contribution in [0, 0.1) is 46.3 Å². The SMILES string of the molecule is CC(CCC(=O)O)C1CC[C@H]2C3C(O)C[C@H]4C[C@@H](OC(=O)NC(CO)(CO)CO)CCC4(C)C3CC(O)C12C. The first-order chi connectivity index (χ1) is 18.3. The maximum Gasteiger partial charge on any atom is 0.408 e. The Morgan fingerprint density at radius 2 is 1.67 bits per heavy atom. The Morgan fingerprint density at radius 3 is 2.28 bits per heavy atom. The summed E-state index contributed by atoms with van der Waals surface area (Å²) in [5.74, 6) is 0.137. The van der Waals surface area contributed by atoms with Gasteiger partial charge in [0.2, 0.25) is 0 Å². The normalized spacial score (nSPS) is 42.6. The minimum Gasteiger partial charge on any atom is -0.481 e. The highest BCUT2D eigenvalue weighted by atomic mass is 16.6. The second kappa shape index (κ2) is 11.4. The van der Waals surface area contributed by atoms with E-state index in [-0.39, 0.29) is 58.9 Å². The van der Waals surface area contributed by atoms with Crippen LogP contribution in [-0.4, -0.2) is 86.4 Å². The van der Waals surface area contributed by atoms with Gasteiger partial charge in [-0.05, 0) is 97.7 Å². The number of carbonyl (C=O) groups is 2. The first-order valence-electron chi connectivity index (χ1n) is 14.7. The van der Waals surface area contributed by atoms with Crippen molar-refractivity contribution in [1.82, 2.24) is 5.32 Å². The third kappa shape index (κ3) is 5.32. The maximum absolute atomic E-state index is 12.5.